The smallest absolute Gasteiger partial charge is 0.321 e. The van der Waals surface area contributed by atoms with Gasteiger partial charge in [0.25, 0.3) is 0 Å². The molecule has 0 fully saturated rings. The number of hydrogen-bond donors (Lipinski definition) is 2. The van der Waals surface area contributed by atoms with E-state index in [0.29, 0.717) is 11.7 Å². The van der Waals surface area contributed by atoms with Crippen LogP contribution in [0, 0.1) is 0 Å². The van der Waals surface area contributed by atoms with E-state index in [9.17, 15) is 4.79 Å². The number of carbonyl (C=O) groups excluding carboxylic acids is 1. The van der Waals surface area contributed by atoms with Crippen molar-refractivity contribution in [2.24, 2.45) is 0 Å². The first kappa shape index (κ1) is 13.3. The van der Waals surface area contributed by atoms with Gasteiger partial charge in [0.05, 0.1) is 7.11 Å². The van der Waals surface area contributed by atoms with E-state index in [2.05, 4.69) is 20.8 Å². The number of nitrogens with zero attached hydrogens (tertiary/aromatic N) is 2. The molecule has 6 nitrogen and oxygen atoms in total. The summed E-state index contributed by atoms with van der Waals surface area (Å²) in [5, 5.41) is 13.2. The summed E-state index contributed by atoms with van der Waals surface area (Å²) in [5.74, 6) is 0.825. The third-order valence-corrected chi connectivity index (χ3v) is 3.05. The molecule has 0 radical (unpaired) electrons. The third kappa shape index (κ3) is 4.22. The van der Waals surface area contributed by atoms with Crippen LogP contribution in [0.2, 0.25) is 0 Å². The number of benzene rings is 1. The maximum absolute atomic E-state index is 11.5. The first-order valence-electron chi connectivity index (χ1n) is 5.72. The van der Waals surface area contributed by atoms with E-state index in [1.54, 1.807) is 12.6 Å². The molecule has 1 heterocycles. The zero-order chi connectivity index (χ0) is 13.5. The van der Waals surface area contributed by atoms with Gasteiger partial charge in [0, 0.05) is 6.54 Å². The summed E-state index contributed by atoms with van der Waals surface area (Å²) in [6.07, 6.45) is 0.757. The van der Waals surface area contributed by atoms with Gasteiger partial charge in [-0.2, -0.15) is 0 Å². The lowest BCUT2D eigenvalue weighted by Crippen LogP contribution is -2.30. The van der Waals surface area contributed by atoms with Crippen LogP contribution in [0.4, 0.5) is 9.93 Å². The van der Waals surface area contributed by atoms with Crippen molar-refractivity contribution < 1.29 is 9.53 Å². The Hall–Kier alpha value is -2.15. The first-order valence-corrected chi connectivity index (χ1v) is 6.60. The van der Waals surface area contributed by atoms with Crippen LogP contribution >= 0.6 is 11.3 Å². The molecule has 19 heavy (non-hydrogen) atoms. The molecular weight excluding hydrogens is 264 g/mol. The molecule has 0 bridgehead atoms. The van der Waals surface area contributed by atoms with Crippen molar-refractivity contribution in [3.63, 3.8) is 0 Å². The first-order chi connectivity index (χ1) is 9.28. The molecule has 7 heteroatoms. The van der Waals surface area contributed by atoms with E-state index in [4.69, 9.17) is 4.74 Å². The van der Waals surface area contributed by atoms with Crippen LogP contribution in [-0.2, 0) is 6.42 Å². The Kier molecular flexibility index (Phi) is 4.68. The van der Waals surface area contributed by atoms with Crippen molar-refractivity contribution in [1.82, 2.24) is 15.5 Å². The van der Waals surface area contributed by atoms with Crippen LogP contribution < -0.4 is 15.4 Å². The Morgan fingerprint density at radius 1 is 1.37 bits per heavy atom. The average molecular weight is 278 g/mol. The number of nitrogens with one attached hydrogen (secondary N) is 2. The summed E-state index contributed by atoms with van der Waals surface area (Å²) in [6, 6.07) is 7.48. The van der Waals surface area contributed by atoms with Gasteiger partial charge in [0.1, 0.15) is 11.3 Å². The lowest BCUT2D eigenvalue weighted by atomic mass is 10.1. The fraction of sp³-hybridized carbons (Fsp3) is 0.250. The van der Waals surface area contributed by atoms with Crippen molar-refractivity contribution in [3.8, 4) is 5.75 Å². The SMILES string of the molecule is COc1ccc(CCNC(=O)Nc2nncs2)cc1. The highest BCUT2D eigenvalue weighted by Gasteiger charge is 2.03. The van der Waals surface area contributed by atoms with E-state index in [1.165, 1.54) is 11.3 Å². The molecule has 0 aliphatic rings. The maximum atomic E-state index is 11.5. The number of carbonyl (C=O) groups is 1. The molecule has 1 aromatic carbocycles. The molecule has 1 aromatic heterocycles. The number of rotatable bonds is 5. The number of hydrogen-bond acceptors (Lipinski definition) is 5. The monoisotopic (exact) mass is 278 g/mol. The second kappa shape index (κ2) is 6.69. The van der Waals surface area contributed by atoms with E-state index in [1.807, 2.05) is 24.3 Å². The molecule has 0 unspecified atom stereocenters. The predicted molar refractivity (Wildman–Crippen MR) is 73.6 cm³/mol. The van der Waals surface area contributed by atoms with Crippen molar-refractivity contribution in [1.29, 1.82) is 0 Å². The molecule has 2 amide bonds. The number of urea groups is 1. The number of methoxy groups -OCH3 is 1. The van der Waals surface area contributed by atoms with Gasteiger partial charge in [-0.05, 0) is 24.1 Å². The summed E-state index contributed by atoms with van der Waals surface area (Å²) < 4.78 is 5.08. The lowest BCUT2D eigenvalue weighted by Gasteiger charge is -2.06. The van der Waals surface area contributed by atoms with Gasteiger partial charge < -0.3 is 10.1 Å². The highest BCUT2D eigenvalue weighted by Crippen LogP contribution is 2.11. The van der Waals surface area contributed by atoms with Gasteiger partial charge in [-0.25, -0.2) is 4.79 Å². The lowest BCUT2D eigenvalue weighted by molar-refractivity contribution is 0.252. The molecule has 0 atom stereocenters. The summed E-state index contributed by atoms with van der Waals surface area (Å²) in [7, 11) is 1.63. The van der Waals surface area contributed by atoms with Crippen LogP contribution in [-0.4, -0.2) is 29.9 Å². The van der Waals surface area contributed by atoms with Crippen molar-refractivity contribution in [2.45, 2.75) is 6.42 Å². The van der Waals surface area contributed by atoms with Gasteiger partial charge in [0.2, 0.25) is 5.13 Å². The molecule has 0 aliphatic heterocycles. The summed E-state index contributed by atoms with van der Waals surface area (Å²) in [6.45, 7) is 0.553. The number of amides is 2. The van der Waals surface area contributed by atoms with Crippen molar-refractivity contribution >= 4 is 22.5 Å². The minimum absolute atomic E-state index is 0.273. The second-order valence-electron chi connectivity index (χ2n) is 3.72. The zero-order valence-electron chi connectivity index (χ0n) is 10.4. The molecule has 100 valence electrons. The molecule has 0 saturated carbocycles. The summed E-state index contributed by atoms with van der Waals surface area (Å²) in [4.78, 5) is 11.5. The molecule has 2 rings (SSSR count). The fourth-order valence-electron chi connectivity index (χ4n) is 1.48. The van der Waals surface area contributed by atoms with Gasteiger partial charge in [-0.3, -0.25) is 5.32 Å². The maximum Gasteiger partial charge on any atom is 0.321 e. The topological polar surface area (TPSA) is 76.1 Å². The van der Waals surface area contributed by atoms with Crippen LogP contribution in [0.5, 0.6) is 5.75 Å². The van der Waals surface area contributed by atoms with Crippen LogP contribution in [0.3, 0.4) is 0 Å². The number of ether oxygens (including phenoxy) is 1. The molecule has 2 N–H and O–H groups in total. The molecule has 0 spiro atoms. The number of anilines is 1. The van der Waals surface area contributed by atoms with Gasteiger partial charge in [-0.15, -0.1) is 10.2 Å². The highest BCUT2D eigenvalue weighted by molar-refractivity contribution is 7.13. The molecular formula is C12H14N4O2S. The van der Waals surface area contributed by atoms with Crippen LogP contribution in [0.15, 0.2) is 29.8 Å². The Bertz CT molecular complexity index is 513. The zero-order valence-corrected chi connectivity index (χ0v) is 11.2. The van der Waals surface area contributed by atoms with E-state index in [0.717, 1.165) is 17.7 Å². The van der Waals surface area contributed by atoms with E-state index in [-0.39, 0.29) is 6.03 Å². The molecule has 0 saturated heterocycles. The summed E-state index contributed by atoms with van der Waals surface area (Å²) >= 11 is 1.28. The molecule has 0 aliphatic carbocycles. The average Bonchev–Trinajstić information content (AvgIpc) is 2.92. The second-order valence-corrected chi connectivity index (χ2v) is 4.56. The fourth-order valence-corrected chi connectivity index (χ4v) is 1.92. The van der Waals surface area contributed by atoms with Crippen LogP contribution in [0.25, 0.3) is 0 Å². The quantitative estimate of drug-likeness (QED) is 0.876. The van der Waals surface area contributed by atoms with E-state index < -0.39 is 0 Å². The minimum atomic E-state index is -0.273. The standard InChI is InChI=1S/C12H14N4O2S/c1-18-10-4-2-9(3-5-10)6-7-13-11(17)15-12-16-14-8-19-12/h2-5,8H,6-7H2,1H3,(H2,13,15,16,17). The number of aromatic nitrogens is 2. The Morgan fingerprint density at radius 2 is 2.16 bits per heavy atom. The van der Waals surface area contributed by atoms with Gasteiger partial charge in [-0.1, -0.05) is 23.5 Å². The van der Waals surface area contributed by atoms with E-state index >= 15 is 0 Å². The Labute approximate surface area is 114 Å². The minimum Gasteiger partial charge on any atom is -0.497 e. The van der Waals surface area contributed by atoms with Crippen molar-refractivity contribution in [2.75, 3.05) is 19.0 Å². The van der Waals surface area contributed by atoms with Gasteiger partial charge in [0.15, 0.2) is 0 Å². The Balaban J connectivity index is 1.72. The summed E-state index contributed by atoms with van der Waals surface area (Å²) in [5.41, 5.74) is 2.70. The predicted octanol–water partition coefficient (Wildman–Crippen LogP) is 1.91. The largest absolute Gasteiger partial charge is 0.497 e. The molecule has 2 aromatic rings. The Morgan fingerprint density at radius 3 is 2.79 bits per heavy atom. The van der Waals surface area contributed by atoms with Crippen molar-refractivity contribution in [3.05, 3.63) is 35.3 Å². The van der Waals surface area contributed by atoms with Crippen LogP contribution in [0.1, 0.15) is 5.56 Å². The third-order valence-electron chi connectivity index (χ3n) is 2.44. The normalized spacial score (nSPS) is 9.95. The van der Waals surface area contributed by atoms with Gasteiger partial charge >= 0.3 is 6.03 Å². The highest BCUT2D eigenvalue weighted by atomic mass is 32.1.